The van der Waals surface area contributed by atoms with Crippen molar-refractivity contribution in [1.82, 2.24) is 0 Å². The molecule has 1 unspecified atom stereocenters. The maximum atomic E-state index is 12.5. The molecule has 0 aromatic heterocycles. The fraction of sp³-hybridized carbons (Fsp3) is 0.125. The van der Waals surface area contributed by atoms with E-state index in [0.717, 1.165) is 10.2 Å². The molecule has 0 radical (unpaired) electrons. The Hall–Kier alpha value is -1.85. The summed E-state index contributed by atoms with van der Waals surface area (Å²) in [5.74, 6) is -0.475. The van der Waals surface area contributed by atoms with E-state index < -0.39 is 6.04 Å². The van der Waals surface area contributed by atoms with Crippen LogP contribution in [0.1, 0.15) is 6.42 Å². The summed E-state index contributed by atoms with van der Waals surface area (Å²) in [5, 5.41) is 3.66. The van der Waals surface area contributed by atoms with Gasteiger partial charge in [0.1, 0.15) is 6.04 Å². The molecule has 2 aromatic rings. The van der Waals surface area contributed by atoms with E-state index in [1.54, 1.807) is 24.3 Å². The van der Waals surface area contributed by atoms with Crippen LogP contribution in [0.25, 0.3) is 0 Å². The van der Waals surface area contributed by atoms with E-state index in [-0.39, 0.29) is 18.2 Å². The second-order valence-corrected chi connectivity index (χ2v) is 6.30. The van der Waals surface area contributed by atoms with Crippen LogP contribution < -0.4 is 10.2 Å². The van der Waals surface area contributed by atoms with Gasteiger partial charge in [-0.2, -0.15) is 0 Å². The summed E-state index contributed by atoms with van der Waals surface area (Å²) in [6.07, 6.45) is 0.136. The Labute approximate surface area is 141 Å². The summed E-state index contributed by atoms with van der Waals surface area (Å²) < 4.78 is 0.953. The van der Waals surface area contributed by atoms with Gasteiger partial charge in [0.2, 0.25) is 5.91 Å². The first-order chi connectivity index (χ1) is 10.5. The largest absolute Gasteiger partial charge is 0.373 e. The van der Waals surface area contributed by atoms with Crippen LogP contribution >= 0.6 is 27.5 Å². The fourth-order valence-electron chi connectivity index (χ4n) is 2.35. The van der Waals surface area contributed by atoms with Gasteiger partial charge in [0.25, 0.3) is 5.91 Å². The van der Waals surface area contributed by atoms with Crippen molar-refractivity contribution in [2.24, 2.45) is 0 Å². The Morgan fingerprint density at radius 1 is 1.05 bits per heavy atom. The fourth-order valence-corrected chi connectivity index (χ4v) is 2.74. The Kier molecular flexibility index (Phi) is 4.18. The number of nitrogens with one attached hydrogen (secondary N) is 1. The van der Waals surface area contributed by atoms with Crippen molar-refractivity contribution >= 4 is 50.7 Å². The molecule has 0 bridgehead atoms. The molecule has 0 aliphatic carbocycles. The van der Waals surface area contributed by atoms with Crippen LogP contribution in [0.15, 0.2) is 53.0 Å². The summed E-state index contributed by atoms with van der Waals surface area (Å²) in [7, 11) is 0. The lowest BCUT2D eigenvalue weighted by molar-refractivity contribution is -0.121. The highest BCUT2D eigenvalue weighted by molar-refractivity contribution is 9.10. The second-order valence-electron chi connectivity index (χ2n) is 4.95. The topological polar surface area (TPSA) is 49.4 Å². The van der Waals surface area contributed by atoms with Crippen LogP contribution in [0.2, 0.25) is 5.02 Å². The molecule has 4 nitrogen and oxygen atoms in total. The van der Waals surface area contributed by atoms with E-state index in [9.17, 15) is 9.59 Å². The molecule has 2 aromatic carbocycles. The molecule has 1 N–H and O–H groups in total. The molecular weight excluding hydrogens is 368 g/mol. The van der Waals surface area contributed by atoms with Crippen molar-refractivity contribution in [3.63, 3.8) is 0 Å². The molecule has 1 aliphatic heterocycles. The van der Waals surface area contributed by atoms with Crippen molar-refractivity contribution in [1.29, 1.82) is 0 Å². The third kappa shape index (κ3) is 3.00. The van der Waals surface area contributed by atoms with E-state index in [1.165, 1.54) is 4.90 Å². The Morgan fingerprint density at radius 2 is 1.68 bits per heavy atom. The average molecular weight is 380 g/mol. The highest BCUT2D eigenvalue weighted by atomic mass is 79.9. The van der Waals surface area contributed by atoms with Gasteiger partial charge >= 0.3 is 0 Å². The minimum atomic E-state index is -0.552. The molecule has 3 rings (SSSR count). The van der Waals surface area contributed by atoms with Gasteiger partial charge in [0, 0.05) is 15.2 Å². The van der Waals surface area contributed by atoms with Crippen molar-refractivity contribution in [3.8, 4) is 0 Å². The van der Waals surface area contributed by atoms with E-state index in [1.807, 2.05) is 24.3 Å². The van der Waals surface area contributed by atoms with E-state index in [4.69, 9.17) is 11.6 Å². The predicted molar refractivity (Wildman–Crippen MR) is 90.1 cm³/mol. The number of anilines is 2. The first kappa shape index (κ1) is 15.1. The van der Waals surface area contributed by atoms with Gasteiger partial charge in [-0.3, -0.25) is 9.59 Å². The normalized spacial score (nSPS) is 17.9. The van der Waals surface area contributed by atoms with Gasteiger partial charge in [-0.25, -0.2) is 4.90 Å². The van der Waals surface area contributed by atoms with Gasteiger partial charge in [-0.1, -0.05) is 27.5 Å². The monoisotopic (exact) mass is 378 g/mol. The van der Waals surface area contributed by atoms with Crippen molar-refractivity contribution in [2.45, 2.75) is 12.5 Å². The van der Waals surface area contributed by atoms with Crippen LogP contribution in [0, 0.1) is 0 Å². The molecule has 1 fully saturated rings. The lowest BCUT2D eigenvalue weighted by atomic mass is 10.2. The summed E-state index contributed by atoms with van der Waals surface area (Å²) in [5.41, 5.74) is 1.34. The molecule has 112 valence electrons. The van der Waals surface area contributed by atoms with Gasteiger partial charge in [-0.05, 0) is 48.5 Å². The van der Waals surface area contributed by atoms with Crippen molar-refractivity contribution < 1.29 is 9.59 Å². The van der Waals surface area contributed by atoms with E-state index >= 15 is 0 Å². The predicted octanol–water partition coefficient (Wildman–Crippen LogP) is 3.85. The zero-order chi connectivity index (χ0) is 15.7. The maximum Gasteiger partial charge on any atom is 0.256 e. The smallest absolute Gasteiger partial charge is 0.256 e. The third-order valence-corrected chi connectivity index (χ3v) is 4.20. The van der Waals surface area contributed by atoms with Gasteiger partial charge in [0.15, 0.2) is 0 Å². The number of carbonyl (C=O) groups excluding carboxylic acids is 2. The van der Waals surface area contributed by atoms with Gasteiger partial charge in [-0.15, -0.1) is 0 Å². The highest BCUT2D eigenvalue weighted by Gasteiger charge is 2.39. The maximum absolute atomic E-state index is 12.5. The molecule has 6 heteroatoms. The molecule has 1 heterocycles. The first-order valence-electron chi connectivity index (χ1n) is 6.69. The Balaban J connectivity index is 1.79. The minimum Gasteiger partial charge on any atom is -0.373 e. The number of halogens is 2. The van der Waals surface area contributed by atoms with Crippen LogP contribution in [-0.4, -0.2) is 17.9 Å². The minimum absolute atomic E-state index is 0.136. The average Bonchev–Trinajstić information content (AvgIpc) is 2.77. The quantitative estimate of drug-likeness (QED) is 0.824. The van der Waals surface area contributed by atoms with Crippen LogP contribution in [0.5, 0.6) is 0 Å². The number of benzene rings is 2. The van der Waals surface area contributed by atoms with E-state index in [2.05, 4.69) is 21.2 Å². The number of carbonyl (C=O) groups is 2. The van der Waals surface area contributed by atoms with Crippen LogP contribution in [-0.2, 0) is 9.59 Å². The Bertz CT molecular complexity index is 716. The van der Waals surface area contributed by atoms with E-state index in [0.29, 0.717) is 10.7 Å². The lowest BCUT2D eigenvalue weighted by Gasteiger charge is -2.16. The summed E-state index contributed by atoms with van der Waals surface area (Å²) >= 11 is 9.19. The lowest BCUT2D eigenvalue weighted by Crippen LogP contribution is -2.34. The SMILES string of the molecule is O=C1CC(Nc2ccc(Br)cc2)C(=O)N1c1ccc(Cl)cc1. The van der Waals surface area contributed by atoms with Crippen LogP contribution in [0.4, 0.5) is 11.4 Å². The number of rotatable bonds is 3. The highest BCUT2D eigenvalue weighted by Crippen LogP contribution is 2.26. The summed E-state index contributed by atoms with van der Waals surface area (Å²) in [6, 6.07) is 13.6. The number of imide groups is 1. The van der Waals surface area contributed by atoms with Crippen molar-refractivity contribution in [3.05, 3.63) is 58.0 Å². The number of hydrogen-bond donors (Lipinski definition) is 1. The summed E-state index contributed by atoms with van der Waals surface area (Å²) in [4.78, 5) is 25.8. The molecule has 1 aliphatic rings. The molecule has 2 amide bonds. The standard InChI is InChI=1S/C16H12BrClN2O2/c17-10-1-5-12(6-2-10)19-14-9-15(21)20(16(14)22)13-7-3-11(18)4-8-13/h1-8,14,19H,9H2. The number of nitrogens with zero attached hydrogens (tertiary/aromatic N) is 1. The zero-order valence-corrected chi connectivity index (χ0v) is 13.8. The second kappa shape index (κ2) is 6.10. The zero-order valence-electron chi connectivity index (χ0n) is 11.4. The third-order valence-electron chi connectivity index (χ3n) is 3.42. The van der Waals surface area contributed by atoms with Crippen LogP contribution in [0.3, 0.4) is 0 Å². The first-order valence-corrected chi connectivity index (χ1v) is 7.86. The van der Waals surface area contributed by atoms with Crippen molar-refractivity contribution in [2.75, 3.05) is 10.2 Å². The summed E-state index contributed by atoms with van der Waals surface area (Å²) in [6.45, 7) is 0. The number of hydrogen-bond acceptors (Lipinski definition) is 3. The van der Waals surface area contributed by atoms with Gasteiger partial charge in [0.05, 0.1) is 12.1 Å². The molecule has 1 saturated heterocycles. The number of amides is 2. The Morgan fingerprint density at radius 3 is 2.32 bits per heavy atom. The van der Waals surface area contributed by atoms with Gasteiger partial charge < -0.3 is 5.32 Å². The molecular formula is C16H12BrClN2O2. The molecule has 0 saturated carbocycles. The molecule has 1 atom stereocenters. The molecule has 22 heavy (non-hydrogen) atoms. The molecule has 0 spiro atoms.